The van der Waals surface area contributed by atoms with E-state index in [1.807, 2.05) is 0 Å². The molecule has 1 saturated heterocycles. The van der Waals surface area contributed by atoms with Gasteiger partial charge in [-0.1, -0.05) is 45.9 Å². The highest BCUT2D eigenvalue weighted by Gasteiger charge is 2.52. The molecule has 1 fully saturated rings. The molecule has 18 nitrogen and oxygen atoms in total. The Hall–Kier alpha value is -5.43. The van der Waals surface area contributed by atoms with E-state index in [0.717, 1.165) is 0 Å². The Morgan fingerprint density at radius 2 is 1.62 bits per heavy atom. The molecule has 0 spiro atoms. The highest BCUT2D eigenvalue weighted by molar-refractivity contribution is 6.21. The van der Waals surface area contributed by atoms with Gasteiger partial charge < -0.3 is 44.7 Å². The van der Waals surface area contributed by atoms with Gasteiger partial charge in [0.25, 0.3) is 11.7 Å². The lowest BCUT2D eigenvalue weighted by Gasteiger charge is -2.38. The molecule has 1 aliphatic carbocycles. The first-order valence-electron chi connectivity index (χ1n) is 19.8. The highest BCUT2D eigenvalue weighted by Crippen LogP contribution is 2.51. The molecular weight excluding hydrogens is 782 g/mol. The maximum atomic E-state index is 14.5. The molecule has 0 aromatic heterocycles. The fraction of sp³-hybridized carbons (Fsp3) is 0.548. The molecule has 18 heteroatoms. The molecule has 326 valence electrons. The molecule has 0 saturated carbocycles. The van der Waals surface area contributed by atoms with Crippen LogP contribution in [0, 0.1) is 35.5 Å². The number of carbonyl (C=O) groups is 4. The van der Waals surface area contributed by atoms with E-state index in [-0.39, 0.29) is 59.8 Å². The van der Waals surface area contributed by atoms with Crippen molar-refractivity contribution < 1.29 is 58.6 Å². The Kier molecular flexibility index (Phi) is 14.0. The summed E-state index contributed by atoms with van der Waals surface area (Å²) in [6.45, 7) is 13.4. The molecule has 5 aliphatic rings. The van der Waals surface area contributed by atoms with E-state index in [2.05, 4.69) is 15.7 Å². The number of ether oxygens (including phenoxy) is 4. The first kappa shape index (κ1) is 45.7. The lowest BCUT2D eigenvalue weighted by Crippen LogP contribution is -2.46. The molecule has 1 unspecified atom stereocenters. The zero-order valence-electron chi connectivity index (χ0n) is 35.2. The lowest BCUT2D eigenvalue weighted by atomic mass is 9.78. The minimum Gasteiger partial charge on any atom is -0.507 e. The number of hydrazone groups is 1. The number of methoxy groups -OCH3 is 1. The van der Waals surface area contributed by atoms with Crippen molar-refractivity contribution in [1.29, 1.82) is 0 Å². The number of aliphatic hydroxyl groups excluding tert-OH is 3. The Labute approximate surface area is 348 Å². The number of esters is 1. The van der Waals surface area contributed by atoms with E-state index in [9.17, 15) is 44.5 Å². The van der Waals surface area contributed by atoms with Gasteiger partial charge in [0.2, 0.25) is 5.78 Å². The van der Waals surface area contributed by atoms with Crippen molar-refractivity contribution >= 4 is 29.7 Å². The Morgan fingerprint density at radius 3 is 2.23 bits per heavy atom. The Morgan fingerprint density at radius 1 is 0.967 bits per heavy atom. The monoisotopic (exact) mass is 837 g/mol. The van der Waals surface area contributed by atoms with E-state index in [1.165, 1.54) is 64.4 Å². The van der Waals surface area contributed by atoms with Gasteiger partial charge in [-0.15, -0.1) is 4.91 Å². The number of benzene rings is 1. The molecule has 5 bridgehead atoms. The molecule has 10 atom stereocenters. The third-order valence-corrected chi connectivity index (χ3v) is 11.9. The van der Waals surface area contributed by atoms with Crippen molar-refractivity contribution in [3.63, 3.8) is 0 Å². The van der Waals surface area contributed by atoms with Crippen LogP contribution in [0.15, 0.2) is 57.8 Å². The molecule has 0 radical (unpaired) electrons. The number of amides is 1. The number of carbonyl (C=O) groups excluding carboxylic acids is 4. The van der Waals surface area contributed by atoms with Crippen molar-refractivity contribution in [2.75, 3.05) is 33.3 Å². The molecule has 4 heterocycles. The smallest absolute Gasteiger partial charge is 0.312 e. The van der Waals surface area contributed by atoms with Crippen LogP contribution in [0.3, 0.4) is 0 Å². The first-order chi connectivity index (χ1) is 28.3. The first-order valence-corrected chi connectivity index (χ1v) is 19.8. The summed E-state index contributed by atoms with van der Waals surface area (Å²) in [5.41, 5.74) is -1.42. The highest BCUT2D eigenvalue weighted by atomic mass is 16.7. The van der Waals surface area contributed by atoms with Gasteiger partial charge in [0, 0.05) is 66.9 Å². The van der Waals surface area contributed by atoms with Gasteiger partial charge in [-0.2, -0.15) is 5.10 Å². The Bertz CT molecular complexity index is 2040. The number of Topliss-reactive ketones (excluding diaryl/α,β-unsaturated/α-hetero) is 2. The molecule has 1 aromatic carbocycles. The third kappa shape index (κ3) is 8.87. The zero-order valence-corrected chi connectivity index (χ0v) is 35.2. The predicted octanol–water partition coefficient (Wildman–Crippen LogP) is 3.14. The number of hydrogen-bond acceptors (Lipinski definition) is 16. The van der Waals surface area contributed by atoms with Gasteiger partial charge in [0.1, 0.15) is 23.7 Å². The van der Waals surface area contributed by atoms with Crippen LogP contribution in [0.4, 0.5) is 0 Å². The van der Waals surface area contributed by atoms with Crippen LogP contribution >= 0.6 is 0 Å². The summed E-state index contributed by atoms with van der Waals surface area (Å²) in [6.07, 6.45) is 2.68. The van der Waals surface area contributed by atoms with Crippen molar-refractivity contribution in [2.45, 2.75) is 91.7 Å². The summed E-state index contributed by atoms with van der Waals surface area (Å²) < 4.78 is 23.5. The van der Waals surface area contributed by atoms with Crippen LogP contribution in [0.25, 0.3) is 0 Å². The molecule has 4 aliphatic heterocycles. The number of aliphatic hydroxyl groups is 3. The van der Waals surface area contributed by atoms with Crippen LogP contribution in [0.2, 0.25) is 0 Å². The van der Waals surface area contributed by atoms with Crippen molar-refractivity contribution in [3.8, 4) is 11.5 Å². The minimum absolute atomic E-state index is 0.00386. The summed E-state index contributed by atoms with van der Waals surface area (Å²) in [6, 6.07) is 0. The summed E-state index contributed by atoms with van der Waals surface area (Å²) in [7, 11) is 1.42. The van der Waals surface area contributed by atoms with Crippen LogP contribution in [-0.4, -0.2) is 124 Å². The number of phenolic OH excluding ortho intramolecular Hbond substituents is 1. The number of rotatable bonds is 5. The summed E-state index contributed by atoms with van der Waals surface area (Å²) >= 11 is 0. The average molecular weight is 838 g/mol. The number of fused-ring (bicyclic) bond motifs is 14. The number of nitroso groups, excluding NO2 is 1. The van der Waals surface area contributed by atoms with Crippen LogP contribution in [0.5, 0.6) is 11.5 Å². The summed E-state index contributed by atoms with van der Waals surface area (Å²) in [4.78, 5) is 66.0. The molecule has 1 aromatic rings. The van der Waals surface area contributed by atoms with Crippen molar-refractivity contribution in [1.82, 2.24) is 15.3 Å². The van der Waals surface area contributed by atoms with E-state index < -0.39 is 100 Å². The SMILES string of the molecule is CO[C@@H]1C=CO[C@@]2(C)Oc3c(C)c(O)c4c(c3C2=O)C(O)C(/C=N/N2CCN(N=O)CC2)=C(NC(=O)C(C)=CC=C[C@H](C)[C@H](O)[C@@H](C)[C@@H](O)[C@@H](C)[C@H](OC(C)=O)[C@@H]1C)C4=O. The quantitative estimate of drug-likeness (QED) is 0.162. The van der Waals surface area contributed by atoms with Crippen LogP contribution in [-0.2, 0) is 23.8 Å². The minimum atomic E-state index is -2.08. The number of allylic oxidation sites excluding steroid dienone is 3. The van der Waals surface area contributed by atoms with Gasteiger partial charge in [-0.25, -0.2) is 0 Å². The van der Waals surface area contributed by atoms with Crippen LogP contribution < -0.4 is 10.1 Å². The van der Waals surface area contributed by atoms with Crippen molar-refractivity contribution in [2.24, 2.45) is 34.1 Å². The average Bonchev–Trinajstić information content (AvgIpc) is 3.49. The fourth-order valence-electron chi connectivity index (χ4n) is 8.02. The number of nitrogens with zero attached hydrogens (tertiary/aromatic N) is 4. The predicted molar refractivity (Wildman–Crippen MR) is 216 cm³/mol. The molecule has 6 rings (SSSR count). The van der Waals surface area contributed by atoms with Gasteiger partial charge in [0.05, 0.1) is 79.1 Å². The van der Waals surface area contributed by atoms with Gasteiger partial charge in [0.15, 0.2) is 0 Å². The lowest BCUT2D eigenvalue weighted by molar-refractivity contribution is -0.160. The number of piperazine rings is 1. The van der Waals surface area contributed by atoms with E-state index >= 15 is 0 Å². The third-order valence-electron chi connectivity index (χ3n) is 11.9. The number of ketones is 2. The number of phenols is 1. The van der Waals surface area contributed by atoms with Gasteiger partial charge in [-0.3, -0.25) is 29.2 Å². The zero-order chi connectivity index (χ0) is 44.4. The number of nitrogens with one attached hydrogen (secondary N) is 1. The summed E-state index contributed by atoms with van der Waals surface area (Å²) in [5.74, 6) is -8.45. The summed E-state index contributed by atoms with van der Waals surface area (Å²) in [5, 5.41) is 59.3. The van der Waals surface area contributed by atoms with Crippen LogP contribution in [0.1, 0.15) is 86.4 Å². The largest absolute Gasteiger partial charge is 0.507 e. The molecule has 5 N–H and O–H groups in total. The standard InChI is InChI=1S/C42H55N5O13/c1-20-11-10-12-21(2)41(55)44-32-27(19-43-46-14-16-47(45-56)17-15-46)36(52)29-30(37(32)53)35(51)25(6)39-31(29)40(54)42(8,60-39)58-18-13-28(57-9)22(3)38(59-26(7)48)24(5)34(50)23(4)33(20)49/h10-13,18-20,22-24,28,33-34,36,38,49-52H,14-17H2,1-9H3,(H,44,55)/b11-10?,18-13?,21-12?,43-19+/t20-,22+,23+,24+,28+,33-,34+,36?,38+,42-/m0/s1. The molecular formula is C42H55N5O13. The van der Waals surface area contributed by atoms with E-state index in [1.54, 1.807) is 44.9 Å². The second-order valence-corrected chi connectivity index (χ2v) is 16.0. The maximum Gasteiger partial charge on any atom is 0.312 e. The normalized spacial score (nSPS) is 31.8. The maximum absolute atomic E-state index is 14.5. The van der Waals surface area contributed by atoms with Crippen molar-refractivity contribution in [3.05, 3.63) is 74.6 Å². The fourth-order valence-corrected chi connectivity index (χ4v) is 8.02. The molecule has 60 heavy (non-hydrogen) atoms. The topological polar surface area (TPSA) is 246 Å². The second-order valence-electron chi connectivity index (χ2n) is 16.0. The van der Waals surface area contributed by atoms with E-state index in [0.29, 0.717) is 0 Å². The Balaban J connectivity index is 1.65. The number of aromatic hydroxyl groups is 1. The second kappa shape index (κ2) is 18.5. The van der Waals surface area contributed by atoms with Gasteiger partial charge >= 0.3 is 11.8 Å². The molecule has 1 amide bonds. The van der Waals surface area contributed by atoms with Gasteiger partial charge in [-0.05, 0) is 19.9 Å². The van der Waals surface area contributed by atoms with E-state index in [4.69, 9.17) is 18.9 Å². The number of hydrogen-bond donors (Lipinski definition) is 5.